The maximum atomic E-state index is 11.1. The number of nitrogens with zero attached hydrogens (tertiary/aromatic N) is 1. The third kappa shape index (κ3) is 2.26. The van der Waals surface area contributed by atoms with Gasteiger partial charge in [0, 0.05) is 30.0 Å². The van der Waals surface area contributed by atoms with E-state index < -0.39 is 5.97 Å². The van der Waals surface area contributed by atoms with Crippen molar-refractivity contribution in [2.75, 3.05) is 24.1 Å². The Morgan fingerprint density at radius 2 is 2.21 bits per heavy atom. The number of hydrogen-bond acceptors (Lipinski definition) is 4. The normalized spacial score (nSPS) is 26.3. The third-order valence-corrected chi connectivity index (χ3v) is 4.24. The van der Waals surface area contributed by atoms with E-state index in [0.717, 1.165) is 18.7 Å². The monoisotopic (exact) mass is 261 g/mol. The van der Waals surface area contributed by atoms with Crippen molar-refractivity contribution < 1.29 is 9.90 Å². The van der Waals surface area contributed by atoms with Crippen molar-refractivity contribution in [1.29, 1.82) is 0 Å². The van der Waals surface area contributed by atoms with Crippen LogP contribution in [0.1, 0.15) is 29.6 Å². The van der Waals surface area contributed by atoms with Crippen LogP contribution in [-0.2, 0) is 0 Å². The van der Waals surface area contributed by atoms with Gasteiger partial charge in [-0.1, -0.05) is 0 Å². The minimum absolute atomic E-state index is 0.172. The van der Waals surface area contributed by atoms with Crippen molar-refractivity contribution in [3.05, 3.63) is 23.8 Å². The Balaban J connectivity index is 1.76. The molecular formula is C14H19N3O2. The molecule has 102 valence electrons. The predicted molar refractivity (Wildman–Crippen MR) is 74.4 cm³/mol. The van der Waals surface area contributed by atoms with Crippen LogP contribution in [0.3, 0.4) is 0 Å². The summed E-state index contributed by atoms with van der Waals surface area (Å²) < 4.78 is 0. The van der Waals surface area contributed by atoms with Crippen LogP contribution >= 0.6 is 0 Å². The second-order valence-electron chi connectivity index (χ2n) is 5.39. The van der Waals surface area contributed by atoms with Gasteiger partial charge >= 0.3 is 5.97 Å². The Labute approximate surface area is 112 Å². The molecule has 1 aromatic rings. The molecule has 2 heterocycles. The zero-order valence-electron chi connectivity index (χ0n) is 10.8. The SMILES string of the molecule is Nc1ccc(NC2CCN3CCCC23)cc1C(=O)O. The molecule has 2 unspecified atom stereocenters. The number of benzene rings is 1. The lowest BCUT2D eigenvalue weighted by Gasteiger charge is -2.22. The van der Waals surface area contributed by atoms with Gasteiger partial charge in [0.15, 0.2) is 0 Å². The molecule has 5 nitrogen and oxygen atoms in total. The van der Waals surface area contributed by atoms with Gasteiger partial charge in [0.1, 0.15) is 0 Å². The first-order chi connectivity index (χ1) is 9.15. The third-order valence-electron chi connectivity index (χ3n) is 4.24. The van der Waals surface area contributed by atoms with Crippen LogP contribution in [0, 0.1) is 0 Å². The van der Waals surface area contributed by atoms with Crippen molar-refractivity contribution >= 4 is 17.3 Å². The standard InChI is InChI=1S/C14H19N3O2/c15-11-4-3-9(8-10(11)14(18)19)16-12-5-7-17-6-1-2-13(12)17/h3-4,8,12-13,16H,1-2,5-7,15H2,(H,18,19). The second kappa shape index (κ2) is 4.74. The zero-order chi connectivity index (χ0) is 13.4. The van der Waals surface area contributed by atoms with Gasteiger partial charge in [-0.2, -0.15) is 0 Å². The topological polar surface area (TPSA) is 78.6 Å². The molecule has 2 saturated heterocycles. The highest BCUT2D eigenvalue weighted by Crippen LogP contribution is 2.30. The molecular weight excluding hydrogens is 242 g/mol. The van der Waals surface area contributed by atoms with Gasteiger partial charge in [-0.15, -0.1) is 0 Å². The highest BCUT2D eigenvalue weighted by Gasteiger charge is 2.36. The van der Waals surface area contributed by atoms with Crippen molar-refractivity contribution in [1.82, 2.24) is 4.90 Å². The van der Waals surface area contributed by atoms with E-state index in [9.17, 15) is 4.79 Å². The quantitative estimate of drug-likeness (QED) is 0.721. The first-order valence-electron chi connectivity index (χ1n) is 6.78. The number of carboxylic acids is 1. The Morgan fingerprint density at radius 3 is 3.00 bits per heavy atom. The van der Waals surface area contributed by atoms with E-state index in [2.05, 4.69) is 10.2 Å². The van der Waals surface area contributed by atoms with Crippen LogP contribution in [0.4, 0.5) is 11.4 Å². The molecule has 0 amide bonds. The van der Waals surface area contributed by atoms with Gasteiger partial charge in [0.05, 0.1) is 5.56 Å². The summed E-state index contributed by atoms with van der Waals surface area (Å²) in [5.41, 5.74) is 7.00. The summed E-state index contributed by atoms with van der Waals surface area (Å²) in [6.07, 6.45) is 3.63. The zero-order valence-corrected chi connectivity index (χ0v) is 10.8. The van der Waals surface area contributed by atoms with Crippen LogP contribution in [0.2, 0.25) is 0 Å². The summed E-state index contributed by atoms with van der Waals surface area (Å²) in [6, 6.07) is 6.18. The maximum absolute atomic E-state index is 11.1. The van der Waals surface area contributed by atoms with E-state index in [1.165, 1.54) is 19.4 Å². The van der Waals surface area contributed by atoms with E-state index >= 15 is 0 Å². The molecule has 2 atom stereocenters. The molecule has 0 spiro atoms. The lowest BCUT2D eigenvalue weighted by atomic mass is 10.1. The summed E-state index contributed by atoms with van der Waals surface area (Å²) in [5, 5.41) is 12.6. The minimum Gasteiger partial charge on any atom is -0.478 e. The Hall–Kier alpha value is -1.75. The van der Waals surface area contributed by atoms with Gasteiger partial charge in [0.2, 0.25) is 0 Å². The van der Waals surface area contributed by atoms with Crippen molar-refractivity contribution in [2.45, 2.75) is 31.3 Å². The average Bonchev–Trinajstić information content (AvgIpc) is 2.96. The number of nitrogens with two attached hydrogens (primary N) is 1. The van der Waals surface area contributed by atoms with Crippen molar-refractivity contribution in [2.24, 2.45) is 0 Å². The summed E-state index contributed by atoms with van der Waals surface area (Å²) in [7, 11) is 0. The van der Waals surface area contributed by atoms with Crippen LogP contribution in [0.5, 0.6) is 0 Å². The fourth-order valence-corrected chi connectivity index (χ4v) is 3.30. The summed E-state index contributed by atoms with van der Waals surface area (Å²) in [5.74, 6) is -0.977. The number of hydrogen-bond donors (Lipinski definition) is 3. The Kier molecular flexibility index (Phi) is 3.06. The van der Waals surface area contributed by atoms with E-state index in [0.29, 0.717) is 17.8 Å². The molecule has 2 fully saturated rings. The molecule has 0 aromatic heterocycles. The molecule has 4 N–H and O–H groups in total. The summed E-state index contributed by atoms with van der Waals surface area (Å²) >= 11 is 0. The largest absolute Gasteiger partial charge is 0.478 e. The fourth-order valence-electron chi connectivity index (χ4n) is 3.30. The highest BCUT2D eigenvalue weighted by molar-refractivity contribution is 5.94. The first kappa shape index (κ1) is 12.3. The number of carbonyl (C=O) groups is 1. The molecule has 2 aliphatic heterocycles. The van der Waals surface area contributed by atoms with Gasteiger partial charge in [-0.3, -0.25) is 4.90 Å². The number of carboxylic acid groups (broad SMARTS) is 1. The Morgan fingerprint density at radius 1 is 1.37 bits per heavy atom. The summed E-state index contributed by atoms with van der Waals surface area (Å²) in [4.78, 5) is 13.6. The minimum atomic E-state index is -0.977. The number of aromatic carboxylic acids is 1. The lowest BCUT2D eigenvalue weighted by molar-refractivity contribution is 0.0698. The average molecular weight is 261 g/mol. The number of rotatable bonds is 3. The van der Waals surface area contributed by atoms with Gasteiger partial charge in [0.25, 0.3) is 0 Å². The van der Waals surface area contributed by atoms with E-state index in [1.54, 1.807) is 12.1 Å². The highest BCUT2D eigenvalue weighted by atomic mass is 16.4. The maximum Gasteiger partial charge on any atom is 0.337 e. The van der Waals surface area contributed by atoms with Crippen LogP contribution in [0.15, 0.2) is 18.2 Å². The van der Waals surface area contributed by atoms with E-state index in [4.69, 9.17) is 10.8 Å². The second-order valence-corrected chi connectivity index (χ2v) is 5.39. The van der Waals surface area contributed by atoms with Gasteiger partial charge < -0.3 is 16.2 Å². The van der Waals surface area contributed by atoms with E-state index in [1.807, 2.05) is 6.07 Å². The van der Waals surface area contributed by atoms with Gasteiger partial charge in [-0.25, -0.2) is 4.79 Å². The smallest absolute Gasteiger partial charge is 0.337 e. The number of nitrogens with one attached hydrogen (secondary N) is 1. The molecule has 1 aromatic carbocycles. The molecule has 19 heavy (non-hydrogen) atoms. The molecule has 0 saturated carbocycles. The fraction of sp³-hybridized carbons (Fsp3) is 0.500. The predicted octanol–water partition coefficient (Wildman–Crippen LogP) is 1.62. The lowest BCUT2D eigenvalue weighted by Crippen LogP contribution is -2.33. The van der Waals surface area contributed by atoms with Crippen molar-refractivity contribution in [3.63, 3.8) is 0 Å². The molecule has 0 aliphatic carbocycles. The first-order valence-corrected chi connectivity index (χ1v) is 6.78. The molecule has 3 rings (SSSR count). The number of anilines is 2. The molecule has 2 aliphatic rings. The van der Waals surface area contributed by atoms with Crippen LogP contribution in [-0.4, -0.2) is 41.1 Å². The molecule has 0 radical (unpaired) electrons. The van der Waals surface area contributed by atoms with E-state index in [-0.39, 0.29) is 5.56 Å². The van der Waals surface area contributed by atoms with Crippen LogP contribution < -0.4 is 11.1 Å². The van der Waals surface area contributed by atoms with Crippen LogP contribution in [0.25, 0.3) is 0 Å². The Bertz CT molecular complexity index is 503. The van der Waals surface area contributed by atoms with Crippen molar-refractivity contribution in [3.8, 4) is 0 Å². The van der Waals surface area contributed by atoms with Gasteiger partial charge in [-0.05, 0) is 44.0 Å². The molecule has 0 bridgehead atoms. The molecule has 5 heteroatoms. The summed E-state index contributed by atoms with van der Waals surface area (Å²) in [6.45, 7) is 2.34. The number of nitrogen functional groups attached to an aromatic ring is 1. The number of fused-ring (bicyclic) bond motifs is 1.